The lowest BCUT2D eigenvalue weighted by Gasteiger charge is -2.45. The van der Waals surface area contributed by atoms with Crippen molar-refractivity contribution in [2.24, 2.45) is 5.41 Å². The highest BCUT2D eigenvalue weighted by Gasteiger charge is 2.36. The van der Waals surface area contributed by atoms with Crippen LogP contribution in [0.15, 0.2) is 0 Å². The van der Waals surface area contributed by atoms with Gasteiger partial charge in [0, 0.05) is 11.0 Å². The Bertz CT molecular complexity index is 172. The molecule has 0 aromatic rings. The lowest BCUT2D eigenvalue weighted by Crippen LogP contribution is -2.50. The Morgan fingerprint density at radius 3 is 1.79 bits per heavy atom. The second-order valence-corrected chi connectivity index (χ2v) is 5.47. The molecule has 1 aliphatic rings. The second kappa shape index (κ2) is 4.17. The summed E-state index contributed by atoms with van der Waals surface area (Å²) < 4.78 is 0. The van der Waals surface area contributed by atoms with Crippen molar-refractivity contribution in [2.45, 2.75) is 39.2 Å². The number of hydrogen-bond donors (Lipinski definition) is 2. The average molecular weight is 201 g/mol. The minimum Gasteiger partial charge on any atom is -0.396 e. The molecule has 0 spiro atoms. The van der Waals surface area contributed by atoms with Gasteiger partial charge < -0.3 is 10.2 Å². The van der Waals surface area contributed by atoms with Gasteiger partial charge in [-0.2, -0.15) is 0 Å². The maximum atomic E-state index is 9.25. The molecule has 0 unspecified atom stereocenters. The third-order valence-corrected chi connectivity index (χ3v) is 3.44. The summed E-state index contributed by atoms with van der Waals surface area (Å²) in [6.07, 6.45) is 1.80. The Morgan fingerprint density at radius 1 is 1.07 bits per heavy atom. The van der Waals surface area contributed by atoms with Gasteiger partial charge in [-0.05, 0) is 46.7 Å². The summed E-state index contributed by atoms with van der Waals surface area (Å²) in [5.74, 6) is 0. The van der Waals surface area contributed by atoms with E-state index in [-0.39, 0.29) is 24.2 Å². The summed E-state index contributed by atoms with van der Waals surface area (Å²) in [4.78, 5) is 2.41. The Labute approximate surface area is 86.7 Å². The molecule has 0 bridgehead atoms. The maximum absolute atomic E-state index is 9.25. The smallest absolute Gasteiger partial charge is 0.0510 e. The van der Waals surface area contributed by atoms with Crippen LogP contribution in [0.5, 0.6) is 0 Å². The molecule has 0 aromatic heterocycles. The van der Waals surface area contributed by atoms with Crippen molar-refractivity contribution < 1.29 is 10.2 Å². The van der Waals surface area contributed by atoms with E-state index in [1.165, 1.54) is 0 Å². The molecule has 0 saturated carbocycles. The minimum atomic E-state index is -0.220. The van der Waals surface area contributed by atoms with Gasteiger partial charge in [0.25, 0.3) is 0 Å². The molecule has 0 aromatic carbocycles. The Balaban J connectivity index is 2.53. The third kappa shape index (κ3) is 2.47. The molecule has 3 nitrogen and oxygen atoms in total. The molecular formula is C11H23NO2. The van der Waals surface area contributed by atoms with E-state index in [0.717, 1.165) is 25.9 Å². The van der Waals surface area contributed by atoms with E-state index in [1.54, 1.807) is 0 Å². The van der Waals surface area contributed by atoms with Crippen LogP contribution >= 0.6 is 0 Å². The molecule has 0 aliphatic carbocycles. The van der Waals surface area contributed by atoms with Crippen LogP contribution in [0.1, 0.15) is 33.6 Å². The predicted molar refractivity (Wildman–Crippen MR) is 57.2 cm³/mol. The monoisotopic (exact) mass is 201 g/mol. The summed E-state index contributed by atoms with van der Waals surface area (Å²) in [5.41, 5.74) is -0.0151. The normalized spacial score (nSPS) is 23.8. The molecule has 0 amide bonds. The first-order valence-electron chi connectivity index (χ1n) is 5.40. The van der Waals surface area contributed by atoms with E-state index in [2.05, 4.69) is 25.7 Å². The first-order valence-corrected chi connectivity index (χ1v) is 5.40. The number of rotatable bonds is 2. The van der Waals surface area contributed by atoms with Gasteiger partial charge in [-0.3, -0.25) is 4.90 Å². The standard InChI is InChI=1S/C11H23NO2/c1-10(2,3)12-6-4-11(8-13,9-14)5-7-12/h13-14H,4-9H2,1-3H3. The number of hydrogen-bond acceptors (Lipinski definition) is 3. The van der Waals surface area contributed by atoms with Crippen LogP contribution in [0, 0.1) is 5.41 Å². The molecule has 14 heavy (non-hydrogen) atoms. The SMILES string of the molecule is CC(C)(C)N1CCC(CO)(CO)CC1. The van der Waals surface area contributed by atoms with Crippen molar-refractivity contribution in [1.82, 2.24) is 4.90 Å². The summed E-state index contributed by atoms with van der Waals surface area (Å²) in [7, 11) is 0. The van der Waals surface area contributed by atoms with Crippen LogP contribution in [0.4, 0.5) is 0 Å². The molecule has 1 heterocycles. The number of aliphatic hydroxyl groups excluding tert-OH is 2. The summed E-state index contributed by atoms with van der Waals surface area (Å²) in [6.45, 7) is 8.80. The van der Waals surface area contributed by atoms with Crippen LogP contribution in [-0.4, -0.2) is 47.0 Å². The minimum absolute atomic E-state index is 0.113. The molecule has 0 atom stereocenters. The molecule has 1 saturated heterocycles. The van der Waals surface area contributed by atoms with Crippen molar-refractivity contribution in [1.29, 1.82) is 0 Å². The van der Waals surface area contributed by atoms with Crippen molar-refractivity contribution in [2.75, 3.05) is 26.3 Å². The van der Waals surface area contributed by atoms with E-state index >= 15 is 0 Å². The van der Waals surface area contributed by atoms with Crippen molar-refractivity contribution in [3.63, 3.8) is 0 Å². The van der Waals surface area contributed by atoms with Gasteiger partial charge in [0.1, 0.15) is 0 Å². The predicted octanol–water partition coefficient (Wildman–Crippen LogP) is 0.852. The first-order chi connectivity index (χ1) is 6.43. The molecule has 1 fully saturated rings. The summed E-state index contributed by atoms with van der Waals surface area (Å²) in [6, 6.07) is 0. The van der Waals surface area contributed by atoms with Gasteiger partial charge in [0.2, 0.25) is 0 Å². The van der Waals surface area contributed by atoms with Crippen LogP contribution in [0.2, 0.25) is 0 Å². The Hall–Kier alpha value is -0.120. The molecule has 1 rings (SSSR count). The van der Waals surface area contributed by atoms with E-state index in [4.69, 9.17) is 0 Å². The zero-order valence-corrected chi connectivity index (χ0v) is 9.58. The van der Waals surface area contributed by atoms with Crippen molar-refractivity contribution in [3.05, 3.63) is 0 Å². The molecule has 1 aliphatic heterocycles. The van der Waals surface area contributed by atoms with Crippen LogP contribution in [0.3, 0.4) is 0 Å². The fourth-order valence-electron chi connectivity index (χ4n) is 2.02. The fraction of sp³-hybridized carbons (Fsp3) is 1.00. The van der Waals surface area contributed by atoms with Crippen LogP contribution in [0.25, 0.3) is 0 Å². The molecular weight excluding hydrogens is 178 g/mol. The van der Waals surface area contributed by atoms with Gasteiger partial charge in [-0.1, -0.05) is 0 Å². The van der Waals surface area contributed by atoms with E-state index < -0.39 is 0 Å². The second-order valence-electron chi connectivity index (χ2n) is 5.47. The van der Waals surface area contributed by atoms with Crippen molar-refractivity contribution in [3.8, 4) is 0 Å². The zero-order chi connectivity index (χ0) is 10.8. The number of piperidine rings is 1. The zero-order valence-electron chi connectivity index (χ0n) is 9.58. The fourth-order valence-corrected chi connectivity index (χ4v) is 2.02. The molecule has 2 N–H and O–H groups in total. The van der Waals surface area contributed by atoms with Gasteiger partial charge >= 0.3 is 0 Å². The lowest BCUT2D eigenvalue weighted by atomic mass is 9.79. The largest absolute Gasteiger partial charge is 0.396 e. The quantitative estimate of drug-likeness (QED) is 0.696. The van der Waals surface area contributed by atoms with E-state index in [1.807, 2.05) is 0 Å². The number of likely N-dealkylation sites (tertiary alicyclic amines) is 1. The Kier molecular flexibility index (Phi) is 3.56. The molecule has 3 heteroatoms. The lowest BCUT2D eigenvalue weighted by molar-refractivity contribution is -0.0237. The van der Waals surface area contributed by atoms with Crippen molar-refractivity contribution >= 4 is 0 Å². The van der Waals surface area contributed by atoms with Gasteiger partial charge in [0.15, 0.2) is 0 Å². The summed E-state index contributed by atoms with van der Waals surface area (Å²) >= 11 is 0. The van der Waals surface area contributed by atoms with Gasteiger partial charge in [0.05, 0.1) is 13.2 Å². The van der Waals surface area contributed by atoms with E-state index in [0.29, 0.717) is 0 Å². The van der Waals surface area contributed by atoms with Crippen LogP contribution < -0.4 is 0 Å². The first kappa shape index (κ1) is 12.0. The molecule has 0 radical (unpaired) electrons. The molecule has 84 valence electrons. The highest BCUT2D eigenvalue weighted by molar-refractivity contribution is 4.89. The number of nitrogens with zero attached hydrogens (tertiary/aromatic N) is 1. The van der Waals surface area contributed by atoms with Crippen LogP contribution in [-0.2, 0) is 0 Å². The topological polar surface area (TPSA) is 43.7 Å². The average Bonchev–Trinajstić information content (AvgIpc) is 2.16. The summed E-state index contributed by atoms with van der Waals surface area (Å²) in [5, 5.41) is 18.5. The third-order valence-electron chi connectivity index (χ3n) is 3.44. The number of aliphatic hydroxyl groups is 2. The Morgan fingerprint density at radius 2 is 1.50 bits per heavy atom. The highest BCUT2D eigenvalue weighted by Crippen LogP contribution is 2.32. The van der Waals surface area contributed by atoms with E-state index in [9.17, 15) is 10.2 Å². The highest BCUT2D eigenvalue weighted by atomic mass is 16.3. The maximum Gasteiger partial charge on any atom is 0.0510 e. The van der Waals surface area contributed by atoms with Gasteiger partial charge in [-0.15, -0.1) is 0 Å². The van der Waals surface area contributed by atoms with Gasteiger partial charge in [-0.25, -0.2) is 0 Å².